The fourth-order valence-corrected chi connectivity index (χ4v) is 3.61. The number of rotatable bonds is 7. The number of nitrogens with one attached hydrogen (secondary N) is 2. The van der Waals surface area contributed by atoms with E-state index < -0.39 is 4.92 Å². The van der Waals surface area contributed by atoms with Crippen molar-refractivity contribution in [3.05, 3.63) is 80.6 Å². The summed E-state index contributed by atoms with van der Waals surface area (Å²) in [5.41, 5.74) is 6.75. The quantitative estimate of drug-likeness (QED) is 0.161. The van der Waals surface area contributed by atoms with Gasteiger partial charge in [0.15, 0.2) is 11.6 Å². The van der Waals surface area contributed by atoms with Crippen molar-refractivity contribution in [2.75, 3.05) is 10.7 Å². The lowest BCUT2D eigenvalue weighted by atomic mass is 10.1. The van der Waals surface area contributed by atoms with Crippen molar-refractivity contribution in [1.82, 2.24) is 20.3 Å². The molecule has 5 rings (SSSR count). The molecule has 2 N–H and O–H groups in total. The largest absolute Gasteiger partial charge is 0.455 e. The molecule has 13 heteroatoms. The number of nitro groups is 1. The predicted molar refractivity (Wildman–Crippen MR) is 134 cm³/mol. The number of fused-ring (bicyclic) bond motifs is 1. The third-order valence-corrected chi connectivity index (χ3v) is 5.69. The van der Waals surface area contributed by atoms with Gasteiger partial charge >= 0.3 is 0 Å². The van der Waals surface area contributed by atoms with E-state index in [1.165, 1.54) is 18.3 Å². The van der Waals surface area contributed by atoms with Crippen LogP contribution in [0, 0.1) is 24.0 Å². The molecule has 0 saturated carbocycles. The molecule has 0 spiro atoms. The minimum atomic E-state index is -0.545. The Morgan fingerprint density at radius 2 is 1.83 bits per heavy atom. The summed E-state index contributed by atoms with van der Waals surface area (Å²) >= 11 is 6.00. The number of hydrazone groups is 1. The molecular formula is C23H17ClN8O4. The highest BCUT2D eigenvalue weighted by molar-refractivity contribution is 6.32. The van der Waals surface area contributed by atoms with E-state index in [-0.39, 0.29) is 22.0 Å². The molecule has 5 aromatic rings. The number of anilines is 3. The lowest BCUT2D eigenvalue weighted by Gasteiger charge is -2.12. The zero-order valence-electron chi connectivity index (χ0n) is 18.9. The second-order valence-corrected chi connectivity index (χ2v) is 8.11. The van der Waals surface area contributed by atoms with Crippen LogP contribution < -0.4 is 10.7 Å². The van der Waals surface area contributed by atoms with Gasteiger partial charge in [0.1, 0.15) is 16.5 Å². The lowest BCUT2D eigenvalue weighted by Crippen LogP contribution is -2.04. The molecular weight excluding hydrogens is 488 g/mol. The standard InChI is InChI=1S/C23H17ClN8O4/c1-12-4-3-5-17(13(12)2)26-20-21(28-23-22(27-20)30-36-31-23)29-25-11-15-7-9-19(35-15)14-6-8-18(32(33)34)16(24)10-14/h3-11H,1-2H3,(H,26,27,30)(H,28,29,31)/b25-11-. The van der Waals surface area contributed by atoms with Crippen LogP contribution in [0.1, 0.15) is 16.9 Å². The molecule has 0 aliphatic carbocycles. The number of nitro benzene ring substituents is 1. The molecule has 0 radical (unpaired) electrons. The Hall–Kier alpha value is -4.84. The molecule has 0 amide bonds. The Bertz CT molecular complexity index is 1630. The Kier molecular flexibility index (Phi) is 6.00. The minimum absolute atomic E-state index is 0.0194. The number of hydrogen-bond donors (Lipinski definition) is 2. The molecule has 180 valence electrons. The monoisotopic (exact) mass is 504 g/mol. The molecule has 0 unspecified atom stereocenters. The Morgan fingerprint density at radius 1 is 1.06 bits per heavy atom. The molecule has 2 aromatic carbocycles. The van der Waals surface area contributed by atoms with Gasteiger partial charge < -0.3 is 9.73 Å². The topological polar surface area (TPSA) is 157 Å². The van der Waals surface area contributed by atoms with Crippen LogP contribution in [0.5, 0.6) is 0 Å². The number of benzene rings is 2. The van der Waals surface area contributed by atoms with Crippen molar-refractivity contribution in [2.24, 2.45) is 5.10 Å². The molecule has 0 saturated heterocycles. The maximum Gasteiger partial charge on any atom is 0.287 e. The van der Waals surface area contributed by atoms with E-state index in [2.05, 4.69) is 36.1 Å². The van der Waals surface area contributed by atoms with Crippen LogP contribution in [-0.4, -0.2) is 31.4 Å². The number of furan rings is 1. The number of aromatic nitrogens is 4. The summed E-state index contributed by atoms with van der Waals surface area (Å²) in [5, 5.41) is 25.9. The molecule has 0 atom stereocenters. The van der Waals surface area contributed by atoms with Crippen LogP contribution >= 0.6 is 11.6 Å². The SMILES string of the molecule is Cc1cccc(Nc2nc3nonc3nc2N/N=C\c2ccc(-c3ccc([N+](=O)[O-])c(Cl)c3)o2)c1C. The first kappa shape index (κ1) is 22.9. The average molecular weight is 505 g/mol. The van der Waals surface area contributed by atoms with E-state index >= 15 is 0 Å². The Morgan fingerprint density at radius 3 is 2.58 bits per heavy atom. The molecule has 3 aromatic heterocycles. The molecule has 0 bridgehead atoms. The van der Waals surface area contributed by atoms with Gasteiger partial charge in [0.25, 0.3) is 5.69 Å². The highest BCUT2D eigenvalue weighted by Crippen LogP contribution is 2.31. The van der Waals surface area contributed by atoms with E-state index in [4.69, 9.17) is 20.6 Å². The lowest BCUT2D eigenvalue weighted by molar-refractivity contribution is -0.384. The molecule has 36 heavy (non-hydrogen) atoms. The van der Waals surface area contributed by atoms with Crippen molar-refractivity contribution < 1.29 is 14.0 Å². The van der Waals surface area contributed by atoms with Crippen LogP contribution in [0.2, 0.25) is 5.02 Å². The van der Waals surface area contributed by atoms with E-state index in [0.717, 1.165) is 16.8 Å². The van der Waals surface area contributed by atoms with E-state index in [9.17, 15) is 10.1 Å². The molecule has 3 heterocycles. The zero-order chi connectivity index (χ0) is 25.2. The van der Waals surface area contributed by atoms with Crippen LogP contribution in [0.25, 0.3) is 22.6 Å². The second kappa shape index (κ2) is 9.43. The minimum Gasteiger partial charge on any atom is -0.455 e. The van der Waals surface area contributed by atoms with Gasteiger partial charge in [-0.25, -0.2) is 9.61 Å². The van der Waals surface area contributed by atoms with Crippen molar-refractivity contribution in [3.63, 3.8) is 0 Å². The fourth-order valence-electron chi connectivity index (χ4n) is 3.36. The van der Waals surface area contributed by atoms with Crippen molar-refractivity contribution in [3.8, 4) is 11.3 Å². The Balaban J connectivity index is 1.38. The summed E-state index contributed by atoms with van der Waals surface area (Å²) in [6.07, 6.45) is 1.45. The van der Waals surface area contributed by atoms with Crippen molar-refractivity contribution in [1.29, 1.82) is 0 Å². The van der Waals surface area contributed by atoms with Crippen LogP contribution in [0.3, 0.4) is 0 Å². The maximum atomic E-state index is 11.0. The highest BCUT2D eigenvalue weighted by atomic mass is 35.5. The number of hydrogen-bond acceptors (Lipinski definition) is 11. The summed E-state index contributed by atoms with van der Waals surface area (Å²) in [5.74, 6) is 1.57. The van der Waals surface area contributed by atoms with E-state index in [1.807, 2.05) is 32.0 Å². The third-order valence-electron chi connectivity index (χ3n) is 5.39. The maximum absolute atomic E-state index is 11.0. The van der Waals surface area contributed by atoms with Gasteiger partial charge in [-0.05, 0) is 65.6 Å². The molecule has 0 aliphatic heterocycles. The van der Waals surface area contributed by atoms with Crippen LogP contribution in [-0.2, 0) is 0 Å². The zero-order valence-corrected chi connectivity index (χ0v) is 19.6. The normalized spacial score (nSPS) is 11.3. The second-order valence-electron chi connectivity index (χ2n) is 7.70. The smallest absolute Gasteiger partial charge is 0.287 e. The average Bonchev–Trinajstić information content (AvgIpc) is 3.51. The van der Waals surface area contributed by atoms with E-state index in [0.29, 0.717) is 28.7 Å². The summed E-state index contributed by atoms with van der Waals surface area (Å²) in [7, 11) is 0. The fraction of sp³-hybridized carbons (Fsp3) is 0.0870. The van der Waals surface area contributed by atoms with Gasteiger partial charge in [-0.1, -0.05) is 23.7 Å². The molecule has 12 nitrogen and oxygen atoms in total. The van der Waals surface area contributed by atoms with Crippen LogP contribution in [0.4, 0.5) is 23.0 Å². The summed E-state index contributed by atoms with van der Waals surface area (Å²) < 4.78 is 10.5. The first-order valence-corrected chi connectivity index (χ1v) is 10.9. The van der Waals surface area contributed by atoms with Gasteiger partial charge in [0.05, 0.1) is 11.1 Å². The summed E-state index contributed by atoms with van der Waals surface area (Å²) in [6, 6.07) is 13.6. The molecule has 0 aliphatic rings. The van der Waals surface area contributed by atoms with Gasteiger partial charge in [0.2, 0.25) is 11.3 Å². The van der Waals surface area contributed by atoms with Gasteiger partial charge in [-0.2, -0.15) is 10.1 Å². The first-order valence-electron chi connectivity index (χ1n) is 10.6. The van der Waals surface area contributed by atoms with E-state index in [1.54, 1.807) is 18.2 Å². The first-order chi connectivity index (χ1) is 17.4. The van der Waals surface area contributed by atoms with Gasteiger partial charge in [0, 0.05) is 17.3 Å². The predicted octanol–water partition coefficient (Wildman–Crippen LogP) is 5.64. The van der Waals surface area contributed by atoms with Gasteiger partial charge in [-0.3, -0.25) is 15.5 Å². The van der Waals surface area contributed by atoms with Crippen molar-refractivity contribution >= 4 is 52.1 Å². The third kappa shape index (κ3) is 4.57. The van der Waals surface area contributed by atoms with Gasteiger partial charge in [-0.15, -0.1) is 0 Å². The Labute approximate surface area is 208 Å². The van der Waals surface area contributed by atoms with Crippen molar-refractivity contribution in [2.45, 2.75) is 13.8 Å². The summed E-state index contributed by atoms with van der Waals surface area (Å²) in [6.45, 7) is 4.02. The number of nitrogens with zero attached hydrogens (tertiary/aromatic N) is 6. The number of aryl methyl sites for hydroxylation is 1. The van der Waals surface area contributed by atoms with Crippen LogP contribution in [0.15, 0.2) is 62.7 Å². The molecule has 0 fully saturated rings. The number of halogens is 1. The summed E-state index contributed by atoms with van der Waals surface area (Å²) in [4.78, 5) is 19.2. The highest BCUT2D eigenvalue weighted by Gasteiger charge is 2.15.